The van der Waals surface area contributed by atoms with Crippen LogP contribution in [0.25, 0.3) is 0 Å². The average Bonchev–Trinajstić information content (AvgIpc) is 3.00. The molecule has 26 heavy (non-hydrogen) atoms. The number of nitrogens with zero attached hydrogens (tertiary/aromatic N) is 3. The van der Waals surface area contributed by atoms with Crippen molar-refractivity contribution in [2.75, 3.05) is 23.3 Å². The molecule has 1 saturated heterocycles. The highest BCUT2D eigenvalue weighted by atomic mass is 35.5. The molecule has 1 atom stereocenters. The fourth-order valence-electron chi connectivity index (χ4n) is 2.74. The van der Waals surface area contributed by atoms with Crippen molar-refractivity contribution in [1.82, 2.24) is 9.97 Å². The van der Waals surface area contributed by atoms with Gasteiger partial charge in [-0.2, -0.15) is 23.1 Å². The standard InChI is InChI=1S/C16H15ClF3N5O/c17-15-23-13(22-10-3-1-2-9(6-10)16(18,19)20)12(7-21)14(24-15)25-5-4-11(26)8-25/h1-3,6-7,11,21,26H,4-5,8H2,(H,22,23,24). The van der Waals surface area contributed by atoms with Crippen LogP contribution in [0.15, 0.2) is 24.3 Å². The minimum Gasteiger partial charge on any atom is -0.391 e. The molecule has 1 aromatic carbocycles. The van der Waals surface area contributed by atoms with Crippen molar-refractivity contribution >= 4 is 35.1 Å². The van der Waals surface area contributed by atoms with Gasteiger partial charge < -0.3 is 20.7 Å². The van der Waals surface area contributed by atoms with Crippen LogP contribution < -0.4 is 10.2 Å². The third-order valence-corrected chi connectivity index (χ3v) is 4.13. The topological polar surface area (TPSA) is 85.1 Å². The summed E-state index contributed by atoms with van der Waals surface area (Å²) >= 11 is 5.96. The number of benzene rings is 1. The quantitative estimate of drug-likeness (QED) is 0.554. The molecule has 2 aromatic rings. The summed E-state index contributed by atoms with van der Waals surface area (Å²) in [5.74, 6) is 0.474. The molecule has 0 saturated carbocycles. The third kappa shape index (κ3) is 3.88. The molecule has 1 fully saturated rings. The molecule has 0 bridgehead atoms. The molecule has 1 aliphatic rings. The summed E-state index contributed by atoms with van der Waals surface area (Å²) in [5, 5.41) is 20.0. The second-order valence-electron chi connectivity index (χ2n) is 5.81. The van der Waals surface area contributed by atoms with Gasteiger partial charge in [0.1, 0.15) is 11.6 Å². The first kappa shape index (κ1) is 18.4. The zero-order chi connectivity index (χ0) is 18.9. The van der Waals surface area contributed by atoms with Crippen LogP contribution in [0.3, 0.4) is 0 Å². The minimum atomic E-state index is -4.47. The van der Waals surface area contributed by atoms with Gasteiger partial charge >= 0.3 is 6.18 Å². The van der Waals surface area contributed by atoms with Gasteiger partial charge in [-0.15, -0.1) is 0 Å². The maximum Gasteiger partial charge on any atom is 0.416 e. The highest BCUT2D eigenvalue weighted by Crippen LogP contribution is 2.33. The van der Waals surface area contributed by atoms with E-state index in [1.165, 1.54) is 12.1 Å². The number of nitrogens with one attached hydrogen (secondary N) is 2. The van der Waals surface area contributed by atoms with Crippen LogP contribution in [-0.2, 0) is 6.18 Å². The van der Waals surface area contributed by atoms with Crippen molar-refractivity contribution in [2.24, 2.45) is 0 Å². The van der Waals surface area contributed by atoms with Gasteiger partial charge in [-0.05, 0) is 36.2 Å². The van der Waals surface area contributed by atoms with Gasteiger partial charge in [-0.3, -0.25) is 0 Å². The van der Waals surface area contributed by atoms with Gasteiger partial charge in [0.15, 0.2) is 0 Å². The van der Waals surface area contributed by atoms with Crippen LogP contribution in [0.1, 0.15) is 17.5 Å². The number of alkyl halides is 3. The van der Waals surface area contributed by atoms with Crippen LogP contribution >= 0.6 is 11.6 Å². The van der Waals surface area contributed by atoms with E-state index in [9.17, 15) is 18.3 Å². The Morgan fingerprint density at radius 2 is 2.12 bits per heavy atom. The molecule has 138 valence electrons. The Labute approximate surface area is 152 Å². The lowest BCUT2D eigenvalue weighted by Gasteiger charge is -2.21. The lowest BCUT2D eigenvalue weighted by Crippen LogP contribution is -2.24. The maximum atomic E-state index is 12.9. The number of β-amino-alcohol motifs (C(OH)–C–C–N with tert-alkyl or cyclic N) is 1. The van der Waals surface area contributed by atoms with Gasteiger partial charge in [0.2, 0.25) is 5.28 Å². The van der Waals surface area contributed by atoms with Crippen molar-refractivity contribution in [2.45, 2.75) is 18.7 Å². The normalized spacial score (nSPS) is 17.4. The third-order valence-electron chi connectivity index (χ3n) is 3.96. The van der Waals surface area contributed by atoms with E-state index in [0.717, 1.165) is 18.3 Å². The molecule has 2 heterocycles. The Morgan fingerprint density at radius 1 is 1.35 bits per heavy atom. The van der Waals surface area contributed by atoms with Crippen molar-refractivity contribution in [3.63, 3.8) is 0 Å². The predicted molar refractivity (Wildman–Crippen MR) is 92.5 cm³/mol. The summed E-state index contributed by atoms with van der Waals surface area (Å²) < 4.78 is 38.6. The monoisotopic (exact) mass is 385 g/mol. The second-order valence-corrected chi connectivity index (χ2v) is 6.15. The molecular formula is C16H15ClF3N5O. The van der Waals surface area contributed by atoms with Crippen molar-refractivity contribution in [3.8, 4) is 0 Å². The smallest absolute Gasteiger partial charge is 0.391 e. The maximum absolute atomic E-state index is 12.9. The number of halogens is 4. The van der Waals surface area contributed by atoms with Crippen LogP contribution in [-0.4, -0.2) is 40.5 Å². The van der Waals surface area contributed by atoms with E-state index in [-0.39, 0.29) is 22.4 Å². The van der Waals surface area contributed by atoms with E-state index in [0.29, 0.717) is 25.3 Å². The molecule has 3 rings (SSSR count). The van der Waals surface area contributed by atoms with Gasteiger partial charge in [0, 0.05) is 25.0 Å². The van der Waals surface area contributed by atoms with Gasteiger partial charge in [-0.25, -0.2) is 0 Å². The summed E-state index contributed by atoms with van der Waals surface area (Å²) in [6.45, 7) is 0.857. The fraction of sp³-hybridized carbons (Fsp3) is 0.312. The first-order chi connectivity index (χ1) is 12.3. The molecule has 3 N–H and O–H groups in total. The number of anilines is 3. The molecule has 0 amide bonds. The molecule has 1 unspecified atom stereocenters. The van der Waals surface area contributed by atoms with Gasteiger partial charge in [-0.1, -0.05) is 6.07 Å². The van der Waals surface area contributed by atoms with E-state index < -0.39 is 17.8 Å². The first-order valence-electron chi connectivity index (χ1n) is 7.73. The van der Waals surface area contributed by atoms with E-state index in [2.05, 4.69) is 15.3 Å². The molecule has 0 spiro atoms. The number of rotatable bonds is 4. The van der Waals surface area contributed by atoms with E-state index in [4.69, 9.17) is 17.0 Å². The molecule has 1 aromatic heterocycles. The van der Waals surface area contributed by atoms with Crippen molar-refractivity contribution in [3.05, 3.63) is 40.7 Å². The Bertz CT molecular complexity index is 830. The van der Waals surface area contributed by atoms with E-state index >= 15 is 0 Å². The number of hydrogen-bond donors (Lipinski definition) is 3. The highest BCUT2D eigenvalue weighted by Gasteiger charge is 2.30. The largest absolute Gasteiger partial charge is 0.416 e. The summed E-state index contributed by atoms with van der Waals surface area (Å²) in [6, 6.07) is 4.64. The lowest BCUT2D eigenvalue weighted by atomic mass is 10.2. The van der Waals surface area contributed by atoms with Crippen LogP contribution in [0.2, 0.25) is 5.28 Å². The van der Waals surface area contributed by atoms with Crippen LogP contribution in [0, 0.1) is 5.41 Å². The Balaban J connectivity index is 1.98. The molecular weight excluding hydrogens is 371 g/mol. The summed E-state index contributed by atoms with van der Waals surface area (Å²) in [6.07, 6.45) is -3.42. The zero-order valence-electron chi connectivity index (χ0n) is 13.4. The summed E-state index contributed by atoms with van der Waals surface area (Å²) in [5.41, 5.74) is -0.368. The SMILES string of the molecule is N=Cc1c(Nc2cccc(C(F)(F)F)c2)nc(Cl)nc1N1CCC(O)C1. The average molecular weight is 386 g/mol. The van der Waals surface area contributed by atoms with Crippen LogP contribution in [0.4, 0.5) is 30.5 Å². The van der Waals surface area contributed by atoms with Crippen molar-refractivity contribution in [1.29, 1.82) is 5.41 Å². The second kappa shape index (κ2) is 7.08. The Morgan fingerprint density at radius 3 is 2.73 bits per heavy atom. The fourth-order valence-corrected chi connectivity index (χ4v) is 2.91. The van der Waals surface area contributed by atoms with Gasteiger partial charge in [0.05, 0.1) is 17.2 Å². The number of aromatic nitrogens is 2. The van der Waals surface area contributed by atoms with E-state index in [1.54, 1.807) is 4.90 Å². The highest BCUT2D eigenvalue weighted by molar-refractivity contribution is 6.28. The van der Waals surface area contributed by atoms with Gasteiger partial charge in [0.25, 0.3) is 0 Å². The summed E-state index contributed by atoms with van der Waals surface area (Å²) in [4.78, 5) is 9.88. The molecule has 0 aliphatic carbocycles. The first-order valence-corrected chi connectivity index (χ1v) is 8.11. The zero-order valence-corrected chi connectivity index (χ0v) is 14.1. The lowest BCUT2D eigenvalue weighted by molar-refractivity contribution is -0.137. The number of aliphatic hydroxyl groups is 1. The number of aliphatic hydroxyl groups excluding tert-OH is 1. The van der Waals surface area contributed by atoms with E-state index in [1.807, 2.05) is 0 Å². The molecule has 0 radical (unpaired) electrons. The minimum absolute atomic E-state index is 0.110. The molecule has 1 aliphatic heterocycles. The molecule has 10 heteroatoms. The predicted octanol–water partition coefficient (Wildman–Crippen LogP) is 3.46. The summed E-state index contributed by atoms with van der Waals surface area (Å²) in [7, 11) is 0. The Hall–Kier alpha value is -2.39. The van der Waals surface area contributed by atoms with Crippen molar-refractivity contribution < 1.29 is 18.3 Å². The molecule has 6 nitrogen and oxygen atoms in total. The number of hydrogen-bond acceptors (Lipinski definition) is 6. The Kier molecular flexibility index (Phi) is 5.01. The van der Waals surface area contributed by atoms with Crippen LogP contribution in [0.5, 0.6) is 0 Å².